The molecule has 2 aromatic heterocycles. The Kier molecular flexibility index (Phi) is 5.42. The van der Waals surface area contributed by atoms with Crippen LogP contribution in [0.15, 0.2) is 36.5 Å². The number of anilines is 3. The normalized spacial score (nSPS) is 14.7. The molecule has 0 spiro atoms. The lowest BCUT2D eigenvalue weighted by atomic mass is 10.1. The Labute approximate surface area is 148 Å². The largest absolute Gasteiger partial charge is 0.352 e. The molecule has 1 fully saturated rings. The van der Waals surface area contributed by atoms with Crippen molar-refractivity contribution in [1.82, 2.24) is 20.1 Å². The Balaban J connectivity index is 1.54. The van der Waals surface area contributed by atoms with Gasteiger partial charge in [-0.1, -0.05) is 19.9 Å². The monoisotopic (exact) mass is 340 g/mol. The average molecular weight is 340 g/mol. The number of hydrogen-bond acceptors (Lipinski definition) is 6. The van der Waals surface area contributed by atoms with Crippen LogP contribution in [0, 0.1) is 5.92 Å². The predicted octanol–water partition coefficient (Wildman–Crippen LogP) is 2.31. The van der Waals surface area contributed by atoms with Crippen LogP contribution in [0.4, 0.5) is 17.5 Å². The summed E-state index contributed by atoms with van der Waals surface area (Å²) in [5.74, 6) is 2.88. The van der Waals surface area contributed by atoms with Crippen molar-refractivity contribution in [2.24, 2.45) is 5.92 Å². The molecule has 0 unspecified atom stereocenters. The number of hydrogen-bond donors (Lipinski definition) is 1. The van der Waals surface area contributed by atoms with Crippen LogP contribution in [0.2, 0.25) is 0 Å². The van der Waals surface area contributed by atoms with Crippen LogP contribution in [0.3, 0.4) is 0 Å². The first-order chi connectivity index (χ1) is 12.1. The molecule has 0 atom stereocenters. The molecule has 1 amide bonds. The molecular formula is C18H24N6O. The van der Waals surface area contributed by atoms with Crippen LogP contribution in [0.1, 0.15) is 20.3 Å². The topological polar surface area (TPSA) is 74.2 Å². The Morgan fingerprint density at radius 3 is 2.48 bits per heavy atom. The van der Waals surface area contributed by atoms with Crippen molar-refractivity contribution in [2.75, 3.05) is 36.4 Å². The van der Waals surface area contributed by atoms with Gasteiger partial charge in [0.25, 0.3) is 0 Å². The van der Waals surface area contributed by atoms with E-state index in [1.807, 2.05) is 35.2 Å². The fourth-order valence-electron chi connectivity index (χ4n) is 2.79. The van der Waals surface area contributed by atoms with E-state index in [1.54, 1.807) is 6.20 Å². The lowest BCUT2D eigenvalue weighted by Crippen LogP contribution is -2.49. The number of amides is 1. The van der Waals surface area contributed by atoms with Crippen LogP contribution >= 0.6 is 0 Å². The number of aromatic nitrogens is 3. The van der Waals surface area contributed by atoms with Crippen LogP contribution < -0.4 is 10.2 Å². The highest BCUT2D eigenvalue weighted by Gasteiger charge is 2.22. The number of carbonyl (C=O) groups is 1. The number of pyridine rings is 1. The summed E-state index contributed by atoms with van der Waals surface area (Å²) in [4.78, 5) is 20.4. The third-order valence-electron chi connectivity index (χ3n) is 4.11. The third-order valence-corrected chi connectivity index (χ3v) is 4.11. The summed E-state index contributed by atoms with van der Waals surface area (Å²) in [7, 11) is 0. The molecule has 0 aromatic carbocycles. The summed E-state index contributed by atoms with van der Waals surface area (Å²) >= 11 is 0. The van der Waals surface area contributed by atoms with Gasteiger partial charge < -0.3 is 15.1 Å². The van der Waals surface area contributed by atoms with Crippen molar-refractivity contribution in [2.45, 2.75) is 20.3 Å². The first-order valence-corrected chi connectivity index (χ1v) is 8.66. The maximum absolute atomic E-state index is 12.1. The van der Waals surface area contributed by atoms with Crippen LogP contribution in [-0.2, 0) is 4.79 Å². The first kappa shape index (κ1) is 17.1. The van der Waals surface area contributed by atoms with E-state index in [0.29, 0.717) is 18.2 Å². The second-order valence-electron chi connectivity index (χ2n) is 6.58. The third kappa shape index (κ3) is 4.65. The van der Waals surface area contributed by atoms with E-state index in [2.05, 4.69) is 39.2 Å². The van der Waals surface area contributed by atoms with Crippen molar-refractivity contribution < 1.29 is 4.79 Å². The summed E-state index contributed by atoms with van der Waals surface area (Å²) < 4.78 is 0. The van der Waals surface area contributed by atoms with Gasteiger partial charge in [-0.25, -0.2) is 4.98 Å². The molecule has 25 heavy (non-hydrogen) atoms. The van der Waals surface area contributed by atoms with E-state index in [9.17, 15) is 4.79 Å². The second-order valence-corrected chi connectivity index (χ2v) is 6.58. The molecule has 1 aliphatic rings. The SMILES string of the molecule is CC(C)CC(=O)N1CCN(c2ccc(Nc3ccccn3)nn2)CC1. The van der Waals surface area contributed by atoms with Crippen LogP contribution in [-0.4, -0.2) is 52.2 Å². The van der Waals surface area contributed by atoms with E-state index in [4.69, 9.17) is 0 Å². The van der Waals surface area contributed by atoms with Gasteiger partial charge in [-0.2, -0.15) is 0 Å². The van der Waals surface area contributed by atoms with Gasteiger partial charge in [0.1, 0.15) is 5.82 Å². The smallest absolute Gasteiger partial charge is 0.222 e. The molecule has 1 aliphatic heterocycles. The molecule has 2 aromatic rings. The quantitative estimate of drug-likeness (QED) is 0.900. The van der Waals surface area contributed by atoms with E-state index >= 15 is 0 Å². The minimum absolute atomic E-state index is 0.246. The lowest BCUT2D eigenvalue weighted by Gasteiger charge is -2.35. The molecule has 7 nitrogen and oxygen atoms in total. The molecule has 0 aliphatic carbocycles. The summed E-state index contributed by atoms with van der Waals surface area (Å²) in [5.41, 5.74) is 0. The Bertz CT molecular complexity index is 680. The van der Waals surface area contributed by atoms with Crippen molar-refractivity contribution in [3.8, 4) is 0 Å². The number of nitrogens with zero attached hydrogens (tertiary/aromatic N) is 5. The van der Waals surface area contributed by atoms with Gasteiger partial charge in [-0.15, -0.1) is 10.2 Å². The van der Waals surface area contributed by atoms with Gasteiger partial charge in [0.2, 0.25) is 5.91 Å². The Hall–Kier alpha value is -2.70. The van der Waals surface area contributed by atoms with Gasteiger partial charge in [-0.05, 0) is 30.2 Å². The molecular weight excluding hydrogens is 316 g/mol. The summed E-state index contributed by atoms with van der Waals surface area (Å²) in [5, 5.41) is 11.6. The minimum atomic E-state index is 0.246. The van der Waals surface area contributed by atoms with Gasteiger partial charge in [0, 0.05) is 38.8 Å². The second kappa shape index (κ2) is 7.92. The molecule has 7 heteroatoms. The Morgan fingerprint density at radius 2 is 1.88 bits per heavy atom. The summed E-state index contributed by atoms with van der Waals surface area (Å²) in [6.07, 6.45) is 2.35. The summed E-state index contributed by atoms with van der Waals surface area (Å²) in [6, 6.07) is 9.50. The standard InChI is InChI=1S/C18H24N6O/c1-14(2)13-18(25)24-11-9-23(10-12-24)17-7-6-16(21-22-17)20-15-5-3-4-8-19-15/h3-8,14H,9-13H2,1-2H3,(H,19,20,21). The zero-order chi connectivity index (χ0) is 17.6. The lowest BCUT2D eigenvalue weighted by molar-refractivity contribution is -0.132. The zero-order valence-electron chi connectivity index (χ0n) is 14.7. The molecule has 3 heterocycles. The predicted molar refractivity (Wildman–Crippen MR) is 97.8 cm³/mol. The number of piperazine rings is 1. The average Bonchev–Trinajstić information content (AvgIpc) is 2.63. The zero-order valence-corrected chi connectivity index (χ0v) is 14.7. The van der Waals surface area contributed by atoms with E-state index in [1.165, 1.54) is 0 Å². The fourth-order valence-corrected chi connectivity index (χ4v) is 2.79. The van der Waals surface area contributed by atoms with Gasteiger partial charge in [0.05, 0.1) is 0 Å². The maximum atomic E-state index is 12.1. The van der Waals surface area contributed by atoms with Crippen molar-refractivity contribution >= 4 is 23.4 Å². The number of nitrogens with one attached hydrogen (secondary N) is 1. The Morgan fingerprint density at radius 1 is 1.08 bits per heavy atom. The number of rotatable bonds is 5. The highest BCUT2D eigenvalue weighted by molar-refractivity contribution is 5.76. The van der Waals surface area contributed by atoms with Gasteiger partial charge in [-0.3, -0.25) is 4.79 Å². The molecule has 1 saturated heterocycles. The highest BCUT2D eigenvalue weighted by atomic mass is 16.2. The van der Waals surface area contributed by atoms with E-state index in [-0.39, 0.29) is 5.91 Å². The minimum Gasteiger partial charge on any atom is -0.352 e. The van der Waals surface area contributed by atoms with Crippen LogP contribution in [0.25, 0.3) is 0 Å². The van der Waals surface area contributed by atoms with Crippen LogP contribution in [0.5, 0.6) is 0 Å². The first-order valence-electron chi connectivity index (χ1n) is 8.66. The van der Waals surface area contributed by atoms with Crippen molar-refractivity contribution in [3.05, 3.63) is 36.5 Å². The molecule has 1 N–H and O–H groups in total. The molecule has 0 radical (unpaired) electrons. The van der Waals surface area contributed by atoms with Gasteiger partial charge in [0.15, 0.2) is 11.6 Å². The number of carbonyl (C=O) groups excluding carboxylic acids is 1. The molecule has 132 valence electrons. The maximum Gasteiger partial charge on any atom is 0.222 e. The molecule has 3 rings (SSSR count). The van der Waals surface area contributed by atoms with E-state index in [0.717, 1.165) is 37.8 Å². The van der Waals surface area contributed by atoms with Gasteiger partial charge >= 0.3 is 0 Å². The highest BCUT2D eigenvalue weighted by Crippen LogP contribution is 2.17. The molecule has 0 saturated carbocycles. The van der Waals surface area contributed by atoms with E-state index < -0.39 is 0 Å². The van der Waals surface area contributed by atoms with Crippen molar-refractivity contribution in [1.29, 1.82) is 0 Å². The summed E-state index contributed by atoms with van der Waals surface area (Å²) in [6.45, 7) is 7.19. The fraction of sp³-hybridized carbons (Fsp3) is 0.444. The molecule has 0 bridgehead atoms. The van der Waals surface area contributed by atoms with Crippen molar-refractivity contribution in [3.63, 3.8) is 0 Å².